The summed E-state index contributed by atoms with van der Waals surface area (Å²) < 4.78 is 1.92. The van der Waals surface area contributed by atoms with Gasteiger partial charge in [0.05, 0.1) is 29.1 Å². The molecule has 1 saturated heterocycles. The van der Waals surface area contributed by atoms with Crippen LogP contribution in [0.5, 0.6) is 0 Å². The van der Waals surface area contributed by atoms with E-state index in [-0.39, 0.29) is 6.03 Å². The van der Waals surface area contributed by atoms with Crippen LogP contribution in [0.1, 0.15) is 29.9 Å². The fraction of sp³-hybridized carbons (Fsp3) is 0.324. The Morgan fingerprint density at radius 2 is 1.71 bits per heavy atom. The van der Waals surface area contributed by atoms with E-state index in [2.05, 4.69) is 73.7 Å². The lowest BCUT2D eigenvalue weighted by Gasteiger charge is -2.36. The van der Waals surface area contributed by atoms with E-state index in [1.165, 1.54) is 29.8 Å². The summed E-state index contributed by atoms with van der Waals surface area (Å²) in [5.74, 6) is 1.07. The Kier molecular flexibility index (Phi) is 8.61. The number of anilines is 5. The number of benzene rings is 2. The quantitative estimate of drug-likeness (QED) is 0.228. The zero-order chi connectivity index (χ0) is 31.5. The van der Waals surface area contributed by atoms with E-state index in [1.54, 1.807) is 13.1 Å². The Morgan fingerprint density at radius 1 is 0.956 bits per heavy atom. The van der Waals surface area contributed by atoms with E-state index in [0.717, 1.165) is 46.8 Å². The first-order valence-corrected chi connectivity index (χ1v) is 15.3. The Morgan fingerprint density at radius 3 is 2.44 bits per heavy atom. The molecular weight excluding hydrogens is 564 g/mol. The molecule has 0 bridgehead atoms. The van der Waals surface area contributed by atoms with Crippen molar-refractivity contribution in [2.75, 3.05) is 54.7 Å². The molecular formula is C34H40N10O. The van der Waals surface area contributed by atoms with Crippen molar-refractivity contribution in [3.63, 3.8) is 0 Å². The molecule has 11 heteroatoms. The number of fused-ring (bicyclic) bond motifs is 1. The maximum absolute atomic E-state index is 13.4. The summed E-state index contributed by atoms with van der Waals surface area (Å²) in [6.45, 7) is 6.58. The monoisotopic (exact) mass is 604 g/mol. The molecule has 2 aromatic carbocycles. The summed E-state index contributed by atoms with van der Waals surface area (Å²) >= 11 is 0. The first-order chi connectivity index (χ1) is 21.7. The number of nitrogens with zero attached hydrogens (tertiary/aromatic N) is 8. The number of aryl methyl sites for hydroxylation is 2. The summed E-state index contributed by atoms with van der Waals surface area (Å²) in [5.41, 5.74) is 6.47. The van der Waals surface area contributed by atoms with E-state index in [0.29, 0.717) is 29.9 Å². The lowest BCUT2D eigenvalue weighted by molar-refractivity contribution is 0.249. The van der Waals surface area contributed by atoms with E-state index in [1.807, 2.05) is 54.9 Å². The third-order valence-corrected chi connectivity index (χ3v) is 8.45. The van der Waals surface area contributed by atoms with Crippen LogP contribution in [0.15, 0.2) is 73.1 Å². The number of pyridine rings is 1. The topological polar surface area (TPSA) is 107 Å². The van der Waals surface area contributed by atoms with Crippen molar-refractivity contribution < 1.29 is 4.79 Å². The van der Waals surface area contributed by atoms with Gasteiger partial charge >= 0.3 is 6.03 Å². The molecule has 3 aromatic heterocycles. The van der Waals surface area contributed by atoms with Crippen molar-refractivity contribution in [2.45, 2.75) is 39.3 Å². The third-order valence-electron chi connectivity index (χ3n) is 8.45. The van der Waals surface area contributed by atoms with Gasteiger partial charge in [-0.3, -0.25) is 14.6 Å². The van der Waals surface area contributed by atoms with E-state index < -0.39 is 0 Å². The first-order valence-electron chi connectivity index (χ1n) is 15.3. The van der Waals surface area contributed by atoms with Gasteiger partial charge in [0.1, 0.15) is 18.0 Å². The fourth-order valence-corrected chi connectivity index (χ4v) is 5.93. The van der Waals surface area contributed by atoms with E-state index in [4.69, 9.17) is 5.10 Å². The number of hydrogen-bond donors (Lipinski definition) is 2. The second kappa shape index (κ2) is 12.9. The average Bonchev–Trinajstić information content (AvgIpc) is 3.36. The minimum Gasteiger partial charge on any atom is -0.371 e. The molecule has 1 aliphatic rings. The van der Waals surface area contributed by atoms with Gasteiger partial charge in [0, 0.05) is 54.7 Å². The minimum absolute atomic E-state index is 0.318. The molecule has 0 atom stereocenters. The Balaban J connectivity index is 1.12. The smallest absolute Gasteiger partial charge is 0.327 e. The van der Waals surface area contributed by atoms with Crippen molar-refractivity contribution in [3.05, 3.63) is 90.1 Å². The fourth-order valence-electron chi connectivity index (χ4n) is 5.93. The number of hydrogen-bond acceptors (Lipinski definition) is 8. The van der Waals surface area contributed by atoms with Gasteiger partial charge in [-0.15, -0.1) is 0 Å². The van der Waals surface area contributed by atoms with Crippen molar-refractivity contribution in [2.24, 2.45) is 0 Å². The van der Waals surface area contributed by atoms with Gasteiger partial charge in [-0.25, -0.2) is 14.8 Å². The minimum atomic E-state index is -0.318. The molecule has 2 N–H and O–H groups in total. The summed E-state index contributed by atoms with van der Waals surface area (Å²) in [6.07, 6.45) is 3.79. The Labute approximate surface area is 263 Å². The van der Waals surface area contributed by atoms with Crippen LogP contribution in [0.3, 0.4) is 0 Å². The summed E-state index contributed by atoms with van der Waals surface area (Å²) in [5, 5.41) is 12.1. The summed E-state index contributed by atoms with van der Waals surface area (Å²) in [7, 11) is 6.01. The number of aromatic nitrogens is 5. The molecule has 0 radical (unpaired) electrons. The molecule has 45 heavy (non-hydrogen) atoms. The number of rotatable bonds is 8. The second-order valence-electron chi connectivity index (χ2n) is 11.8. The van der Waals surface area contributed by atoms with Crippen molar-refractivity contribution in [1.29, 1.82) is 0 Å². The lowest BCUT2D eigenvalue weighted by atomic mass is 10.0. The molecule has 2 amide bonds. The standard InChI is InChI=1S/C34H40N10O/c1-23-8-6-9-26(37-23)21-44-30-11-7-10-29(33(30)24(2)40-44)39-34(45)42(5)32-20-31(35-22-36-32)38-25-12-14-28(15-13-25)43-18-16-27(17-19-43)41(3)4/h6-15,20,22,27H,16-19,21H2,1-5H3,(H,39,45)(H,35,36,38). The molecule has 0 saturated carbocycles. The number of urea groups is 1. The molecule has 0 spiro atoms. The highest BCUT2D eigenvalue weighted by Gasteiger charge is 2.21. The van der Waals surface area contributed by atoms with E-state index in [9.17, 15) is 4.79 Å². The van der Waals surface area contributed by atoms with Crippen molar-refractivity contribution >= 4 is 45.6 Å². The van der Waals surface area contributed by atoms with Crippen molar-refractivity contribution in [1.82, 2.24) is 29.6 Å². The summed E-state index contributed by atoms with van der Waals surface area (Å²) in [6, 6.07) is 22.3. The molecule has 1 aliphatic heterocycles. The molecule has 0 aliphatic carbocycles. The highest BCUT2D eigenvalue weighted by Crippen LogP contribution is 2.29. The van der Waals surface area contributed by atoms with Gasteiger partial charge in [0.25, 0.3) is 0 Å². The predicted octanol–water partition coefficient (Wildman–Crippen LogP) is 5.83. The molecule has 11 nitrogen and oxygen atoms in total. The number of piperidine rings is 1. The molecule has 1 fully saturated rings. The van der Waals surface area contributed by atoms with Gasteiger partial charge in [0.2, 0.25) is 0 Å². The molecule has 4 heterocycles. The second-order valence-corrected chi connectivity index (χ2v) is 11.8. The van der Waals surface area contributed by atoms with Crippen molar-refractivity contribution in [3.8, 4) is 0 Å². The van der Waals surface area contributed by atoms with Gasteiger partial charge in [-0.2, -0.15) is 5.10 Å². The number of carbonyl (C=O) groups excluding carboxylic acids is 1. The van der Waals surface area contributed by atoms with Crippen LogP contribution in [-0.4, -0.2) is 75.9 Å². The van der Waals surface area contributed by atoms with Crippen LogP contribution in [-0.2, 0) is 6.54 Å². The molecule has 5 aromatic rings. The van der Waals surface area contributed by atoms with Crippen LogP contribution in [0.25, 0.3) is 10.9 Å². The van der Waals surface area contributed by atoms with Crippen LogP contribution in [0.4, 0.5) is 33.5 Å². The maximum Gasteiger partial charge on any atom is 0.327 e. The highest BCUT2D eigenvalue weighted by atomic mass is 16.2. The zero-order valence-corrected chi connectivity index (χ0v) is 26.5. The average molecular weight is 605 g/mol. The van der Waals surface area contributed by atoms with Gasteiger partial charge in [-0.05, 0) is 89.3 Å². The molecule has 6 rings (SSSR count). The van der Waals surface area contributed by atoms with Crippen LogP contribution in [0.2, 0.25) is 0 Å². The van der Waals surface area contributed by atoms with Crippen LogP contribution >= 0.6 is 0 Å². The van der Waals surface area contributed by atoms with Crippen LogP contribution < -0.4 is 20.4 Å². The normalized spacial score (nSPS) is 13.8. The first kappa shape index (κ1) is 30.0. The predicted molar refractivity (Wildman–Crippen MR) is 181 cm³/mol. The van der Waals surface area contributed by atoms with Crippen LogP contribution in [0, 0.1) is 13.8 Å². The van der Waals surface area contributed by atoms with Gasteiger partial charge in [-0.1, -0.05) is 12.1 Å². The zero-order valence-electron chi connectivity index (χ0n) is 26.5. The number of nitrogens with one attached hydrogen (secondary N) is 2. The number of amides is 2. The maximum atomic E-state index is 13.4. The third kappa shape index (κ3) is 6.73. The molecule has 232 valence electrons. The van der Waals surface area contributed by atoms with Gasteiger partial charge in [0.15, 0.2) is 0 Å². The highest BCUT2D eigenvalue weighted by molar-refractivity contribution is 6.07. The Hall–Kier alpha value is -5.03. The summed E-state index contributed by atoms with van der Waals surface area (Å²) in [4.78, 5) is 33.0. The number of carbonyl (C=O) groups is 1. The lowest BCUT2D eigenvalue weighted by Crippen LogP contribution is -2.41. The largest absolute Gasteiger partial charge is 0.371 e. The molecule has 0 unspecified atom stereocenters. The SMILES string of the molecule is Cc1cccc(Cn2nc(C)c3c(NC(=O)N(C)c4cc(Nc5ccc(N6CCC(N(C)C)CC6)cc5)ncn4)cccc32)n1. The van der Waals surface area contributed by atoms with E-state index >= 15 is 0 Å². The Bertz CT molecular complexity index is 1790. The van der Waals surface area contributed by atoms with Gasteiger partial charge < -0.3 is 20.4 Å².